The number of aliphatic hydroxyl groups is 1. The summed E-state index contributed by atoms with van der Waals surface area (Å²) in [5.74, 6) is 2.56. The van der Waals surface area contributed by atoms with Gasteiger partial charge in [0.15, 0.2) is 0 Å². The third-order valence-corrected chi connectivity index (χ3v) is 8.69. The van der Waals surface area contributed by atoms with Gasteiger partial charge in [0, 0.05) is 50.9 Å². The Bertz CT molecular complexity index is 882. The number of nitrogens with one attached hydrogen (secondary N) is 1. The van der Waals surface area contributed by atoms with Gasteiger partial charge in [-0.1, -0.05) is 0 Å². The van der Waals surface area contributed by atoms with Crippen molar-refractivity contribution in [3.63, 3.8) is 0 Å². The predicted molar refractivity (Wildman–Crippen MR) is 124 cm³/mol. The number of hydrogen-bond acceptors (Lipinski definition) is 7. The molecule has 2 N–H and O–H groups in total. The van der Waals surface area contributed by atoms with Crippen LogP contribution in [0.3, 0.4) is 0 Å². The summed E-state index contributed by atoms with van der Waals surface area (Å²) in [7, 11) is 0. The fraction of sp³-hybridized carbons (Fsp3) is 0.800. The molecule has 0 aromatic carbocycles. The van der Waals surface area contributed by atoms with Crippen LogP contribution in [0.5, 0.6) is 0 Å². The Morgan fingerprint density at radius 1 is 1.18 bits per heavy atom. The Morgan fingerprint density at radius 2 is 1.91 bits per heavy atom. The second-order valence-corrected chi connectivity index (χ2v) is 11.2. The molecule has 1 amide bonds. The Hall–Kier alpha value is -1.77. The van der Waals surface area contributed by atoms with Crippen LogP contribution < -0.4 is 10.2 Å². The van der Waals surface area contributed by atoms with E-state index in [1.165, 1.54) is 0 Å². The van der Waals surface area contributed by atoms with E-state index >= 15 is 0 Å². The zero-order valence-corrected chi connectivity index (χ0v) is 19.7. The van der Waals surface area contributed by atoms with Gasteiger partial charge in [0.25, 0.3) is 5.91 Å². The van der Waals surface area contributed by atoms with Crippen molar-refractivity contribution < 1.29 is 14.6 Å². The lowest BCUT2D eigenvalue weighted by Gasteiger charge is -2.58. The minimum absolute atomic E-state index is 0.0190. The van der Waals surface area contributed by atoms with Gasteiger partial charge in [-0.05, 0) is 69.6 Å². The average molecular weight is 456 g/mol. The highest BCUT2D eigenvalue weighted by Crippen LogP contribution is 2.55. The van der Waals surface area contributed by atoms with Crippen LogP contribution in [0.2, 0.25) is 0 Å². The summed E-state index contributed by atoms with van der Waals surface area (Å²) in [6, 6.07) is 0.180. The Morgan fingerprint density at radius 3 is 2.55 bits per heavy atom. The molecule has 0 radical (unpaired) electrons. The van der Waals surface area contributed by atoms with Crippen molar-refractivity contribution >= 4 is 11.9 Å². The molecule has 2 unspecified atom stereocenters. The summed E-state index contributed by atoms with van der Waals surface area (Å²) >= 11 is 0. The first-order valence-electron chi connectivity index (χ1n) is 13.0. The number of amides is 1. The van der Waals surface area contributed by atoms with Crippen molar-refractivity contribution in [3.05, 3.63) is 17.5 Å². The Balaban J connectivity index is 1.15. The van der Waals surface area contributed by atoms with Crippen molar-refractivity contribution in [1.29, 1.82) is 0 Å². The Kier molecular flexibility index (Phi) is 5.58. The average Bonchev–Trinajstić information content (AvgIpc) is 3.64. The number of ether oxygens (including phenoxy) is 1. The molecular formula is C25H37N5O3. The highest BCUT2D eigenvalue weighted by molar-refractivity contribution is 5.95. The van der Waals surface area contributed by atoms with Crippen molar-refractivity contribution in [3.8, 4) is 0 Å². The van der Waals surface area contributed by atoms with Crippen LogP contribution in [0.4, 0.5) is 5.95 Å². The summed E-state index contributed by atoms with van der Waals surface area (Å²) in [6.45, 7) is 7.05. The molecule has 8 nitrogen and oxygen atoms in total. The molecular weight excluding hydrogens is 418 g/mol. The summed E-state index contributed by atoms with van der Waals surface area (Å²) in [6.07, 6.45) is 8.89. The van der Waals surface area contributed by atoms with Gasteiger partial charge in [0.2, 0.25) is 5.95 Å². The topological polar surface area (TPSA) is 90.8 Å². The maximum absolute atomic E-state index is 13.4. The smallest absolute Gasteiger partial charge is 0.254 e. The number of anilines is 1. The first-order chi connectivity index (χ1) is 16.0. The van der Waals surface area contributed by atoms with Crippen molar-refractivity contribution in [2.24, 2.45) is 17.8 Å². The van der Waals surface area contributed by atoms with Crippen molar-refractivity contribution in [2.75, 3.05) is 44.4 Å². The van der Waals surface area contributed by atoms with E-state index in [0.29, 0.717) is 36.0 Å². The van der Waals surface area contributed by atoms with Crippen LogP contribution in [0, 0.1) is 17.8 Å². The van der Waals surface area contributed by atoms with Crippen molar-refractivity contribution in [2.45, 2.75) is 69.4 Å². The number of rotatable bonds is 7. The van der Waals surface area contributed by atoms with Crippen LogP contribution in [0.15, 0.2) is 6.20 Å². The van der Waals surface area contributed by atoms with E-state index in [1.54, 1.807) is 6.20 Å². The quantitative estimate of drug-likeness (QED) is 0.651. The van der Waals surface area contributed by atoms with Gasteiger partial charge >= 0.3 is 0 Å². The van der Waals surface area contributed by atoms with E-state index in [-0.39, 0.29) is 11.9 Å². The molecule has 7 rings (SSSR count). The van der Waals surface area contributed by atoms with Gasteiger partial charge in [-0.15, -0.1) is 0 Å². The third kappa shape index (κ3) is 4.26. The van der Waals surface area contributed by atoms with Crippen LogP contribution >= 0.6 is 0 Å². The van der Waals surface area contributed by atoms with Crippen LogP contribution in [0.1, 0.15) is 73.8 Å². The minimum Gasteiger partial charge on any atom is -0.390 e. The summed E-state index contributed by atoms with van der Waals surface area (Å²) in [5.41, 5.74) is 1.11. The van der Waals surface area contributed by atoms with Gasteiger partial charge in [-0.25, -0.2) is 9.97 Å². The molecule has 0 spiro atoms. The van der Waals surface area contributed by atoms with E-state index in [2.05, 4.69) is 20.1 Å². The molecule has 1 aromatic rings. The molecule has 6 aliphatic rings. The molecule has 1 saturated heterocycles. The molecule has 2 atom stereocenters. The number of nitrogens with zero attached hydrogens (tertiary/aromatic N) is 4. The van der Waals surface area contributed by atoms with Gasteiger partial charge in [0.1, 0.15) is 0 Å². The highest BCUT2D eigenvalue weighted by atomic mass is 16.5. The molecule has 180 valence electrons. The van der Waals surface area contributed by atoms with Crippen molar-refractivity contribution in [1.82, 2.24) is 20.2 Å². The zero-order chi connectivity index (χ0) is 22.6. The fourth-order valence-corrected chi connectivity index (χ4v) is 7.12. The number of hydrogen-bond donors (Lipinski definition) is 2. The lowest BCUT2D eigenvalue weighted by Crippen LogP contribution is -2.61. The fourth-order valence-electron chi connectivity index (χ4n) is 7.12. The van der Waals surface area contributed by atoms with Crippen LogP contribution in [0.25, 0.3) is 0 Å². The molecule has 2 heterocycles. The molecule has 1 aliphatic heterocycles. The monoisotopic (exact) mass is 455 g/mol. The van der Waals surface area contributed by atoms with E-state index in [9.17, 15) is 9.90 Å². The van der Waals surface area contributed by atoms with E-state index in [0.717, 1.165) is 89.4 Å². The summed E-state index contributed by atoms with van der Waals surface area (Å²) < 4.78 is 5.54. The number of carbonyl (C=O) groups excluding carboxylic acids is 1. The molecule has 5 saturated carbocycles. The van der Waals surface area contributed by atoms with Crippen LogP contribution in [-0.2, 0) is 4.74 Å². The molecule has 8 heteroatoms. The number of carbonyl (C=O) groups is 1. The third-order valence-electron chi connectivity index (χ3n) is 8.69. The first kappa shape index (κ1) is 21.7. The van der Waals surface area contributed by atoms with Gasteiger partial charge in [-0.3, -0.25) is 9.69 Å². The maximum atomic E-state index is 13.4. The normalized spacial score (nSPS) is 35.8. The molecule has 1 aromatic heterocycles. The second kappa shape index (κ2) is 8.47. The largest absolute Gasteiger partial charge is 0.390 e. The van der Waals surface area contributed by atoms with E-state index < -0.39 is 5.60 Å². The highest BCUT2D eigenvalue weighted by Gasteiger charge is 2.55. The van der Waals surface area contributed by atoms with Gasteiger partial charge in [-0.2, -0.15) is 0 Å². The zero-order valence-electron chi connectivity index (χ0n) is 19.7. The number of aromatic nitrogens is 2. The molecule has 6 fully saturated rings. The van der Waals surface area contributed by atoms with E-state index in [1.807, 2.05) is 6.92 Å². The SMILES string of the molecule is CCOCN1CCN(c2ncc(C(=O)NC3C4CC5CC3CC(O)(C5)C4)c(C3CC3)n2)CC1. The van der Waals surface area contributed by atoms with Crippen LogP contribution in [-0.4, -0.2) is 77.0 Å². The van der Waals surface area contributed by atoms with Gasteiger partial charge < -0.3 is 20.1 Å². The summed E-state index contributed by atoms with van der Waals surface area (Å²) in [4.78, 5) is 27.5. The molecule has 4 bridgehead atoms. The molecule has 33 heavy (non-hydrogen) atoms. The standard InChI is InChI=1S/C25H37N5O3/c1-2-33-15-29-5-7-30(8-6-29)24-26-14-20(22(28-24)17-3-4-17)23(31)27-21-18-9-16-10-19(21)13-25(32,11-16)12-18/h14,16-19,21,32H,2-13,15H2,1H3,(H,27,31). The Labute approximate surface area is 196 Å². The minimum atomic E-state index is -0.478. The molecule has 5 aliphatic carbocycles. The first-order valence-corrected chi connectivity index (χ1v) is 13.0. The lowest BCUT2D eigenvalue weighted by molar-refractivity contribution is -0.136. The van der Waals surface area contributed by atoms with E-state index in [4.69, 9.17) is 9.72 Å². The lowest BCUT2D eigenvalue weighted by atomic mass is 9.52. The maximum Gasteiger partial charge on any atom is 0.254 e. The predicted octanol–water partition coefficient (Wildman–Crippen LogP) is 2.14. The second-order valence-electron chi connectivity index (χ2n) is 11.2. The summed E-state index contributed by atoms with van der Waals surface area (Å²) in [5, 5.41) is 14.2. The number of piperazine rings is 1. The van der Waals surface area contributed by atoms with Gasteiger partial charge in [0.05, 0.1) is 23.6 Å².